The van der Waals surface area contributed by atoms with Crippen molar-refractivity contribution in [1.82, 2.24) is 10.6 Å². The van der Waals surface area contributed by atoms with Gasteiger partial charge in [0.1, 0.15) is 0 Å². The van der Waals surface area contributed by atoms with Gasteiger partial charge in [-0.15, -0.1) is 11.3 Å². The molecular formula is C20H17BrN2O2S. The summed E-state index contributed by atoms with van der Waals surface area (Å²) in [6.45, 7) is 0.757. The van der Waals surface area contributed by atoms with E-state index in [1.165, 1.54) is 11.3 Å². The fourth-order valence-electron chi connectivity index (χ4n) is 2.36. The maximum atomic E-state index is 12.2. The molecule has 1 aromatic heterocycles. The lowest BCUT2D eigenvalue weighted by atomic mass is 10.2. The van der Waals surface area contributed by atoms with Crippen molar-refractivity contribution in [2.45, 2.75) is 0 Å². The Kier molecular flexibility index (Phi) is 6.20. The van der Waals surface area contributed by atoms with E-state index in [4.69, 9.17) is 0 Å². The van der Waals surface area contributed by atoms with Crippen molar-refractivity contribution in [1.29, 1.82) is 0 Å². The molecule has 3 aromatic rings. The summed E-state index contributed by atoms with van der Waals surface area (Å²) < 4.78 is 1.02. The van der Waals surface area contributed by atoms with Crippen molar-refractivity contribution in [3.05, 3.63) is 81.6 Å². The zero-order valence-corrected chi connectivity index (χ0v) is 16.3. The monoisotopic (exact) mass is 428 g/mol. The summed E-state index contributed by atoms with van der Waals surface area (Å²) in [6, 6.07) is 20.7. The van der Waals surface area contributed by atoms with E-state index in [-0.39, 0.29) is 11.8 Å². The van der Waals surface area contributed by atoms with Gasteiger partial charge in [0.15, 0.2) is 0 Å². The number of carbonyl (C=O) groups excluding carboxylic acids is 2. The Hall–Kier alpha value is -2.44. The van der Waals surface area contributed by atoms with Crippen molar-refractivity contribution in [3.8, 4) is 10.4 Å². The van der Waals surface area contributed by atoms with Crippen LogP contribution in [-0.4, -0.2) is 24.9 Å². The molecule has 0 spiro atoms. The van der Waals surface area contributed by atoms with Crippen LogP contribution in [0.15, 0.2) is 71.2 Å². The van der Waals surface area contributed by atoms with Crippen molar-refractivity contribution in [2.24, 2.45) is 0 Å². The van der Waals surface area contributed by atoms with Crippen LogP contribution in [0.4, 0.5) is 0 Å². The molecule has 0 saturated heterocycles. The molecule has 0 radical (unpaired) electrons. The van der Waals surface area contributed by atoms with Crippen molar-refractivity contribution in [3.63, 3.8) is 0 Å². The molecule has 0 aliphatic rings. The van der Waals surface area contributed by atoms with E-state index < -0.39 is 0 Å². The minimum Gasteiger partial charge on any atom is -0.350 e. The Morgan fingerprint density at radius 3 is 2.15 bits per heavy atom. The van der Waals surface area contributed by atoms with E-state index in [1.807, 2.05) is 54.6 Å². The zero-order valence-electron chi connectivity index (χ0n) is 13.9. The summed E-state index contributed by atoms with van der Waals surface area (Å²) in [4.78, 5) is 25.8. The Balaban J connectivity index is 1.48. The normalized spacial score (nSPS) is 10.3. The van der Waals surface area contributed by atoms with Gasteiger partial charge in [-0.25, -0.2) is 0 Å². The highest BCUT2D eigenvalue weighted by molar-refractivity contribution is 9.10. The number of hydrogen-bond donors (Lipinski definition) is 2. The third-order valence-electron chi connectivity index (χ3n) is 3.69. The Labute approximate surface area is 164 Å². The topological polar surface area (TPSA) is 58.2 Å². The first-order valence-electron chi connectivity index (χ1n) is 8.11. The second kappa shape index (κ2) is 8.78. The standard InChI is InChI=1S/C20H17BrN2O2S/c21-16-8-6-14(7-9-16)17-10-11-18(26-17)20(25)23-13-12-22-19(24)15-4-2-1-3-5-15/h1-11H,12-13H2,(H,22,24)(H,23,25). The molecule has 0 fully saturated rings. The maximum absolute atomic E-state index is 12.2. The molecule has 2 aromatic carbocycles. The number of benzene rings is 2. The van der Waals surface area contributed by atoms with Crippen molar-refractivity contribution < 1.29 is 9.59 Å². The van der Waals surface area contributed by atoms with Gasteiger partial charge in [0.05, 0.1) is 4.88 Å². The van der Waals surface area contributed by atoms with E-state index in [1.54, 1.807) is 12.1 Å². The molecule has 0 unspecified atom stereocenters. The predicted octanol–water partition coefficient (Wildman–Crippen LogP) is 4.34. The molecule has 6 heteroatoms. The quantitative estimate of drug-likeness (QED) is 0.573. The molecule has 2 amide bonds. The van der Waals surface area contributed by atoms with Crippen LogP contribution in [0.5, 0.6) is 0 Å². The van der Waals surface area contributed by atoms with Crippen molar-refractivity contribution >= 4 is 39.1 Å². The van der Waals surface area contributed by atoms with Gasteiger partial charge >= 0.3 is 0 Å². The highest BCUT2D eigenvalue weighted by Gasteiger charge is 2.10. The fourth-order valence-corrected chi connectivity index (χ4v) is 3.55. The molecule has 26 heavy (non-hydrogen) atoms. The maximum Gasteiger partial charge on any atom is 0.261 e. The van der Waals surface area contributed by atoms with Crippen LogP contribution in [0.25, 0.3) is 10.4 Å². The number of hydrogen-bond acceptors (Lipinski definition) is 3. The highest BCUT2D eigenvalue weighted by atomic mass is 79.9. The molecule has 4 nitrogen and oxygen atoms in total. The SMILES string of the molecule is O=C(NCCNC(=O)c1ccc(-c2ccc(Br)cc2)s1)c1ccccc1. The third kappa shape index (κ3) is 4.80. The summed E-state index contributed by atoms with van der Waals surface area (Å²) in [5.74, 6) is -0.277. The molecule has 2 N–H and O–H groups in total. The molecule has 0 atom stereocenters. The summed E-state index contributed by atoms with van der Waals surface area (Å²) in [7, 11) is 0. The van der Waals surface area contributed by atoms with E-state index in [9.17, 15) is 9.59 Å². The largest absolute Gasteiger partial charge is 0.350 e. The minimum absolute atomic E-state index is 0.132. The van der Waals surface area contributed by atoms with Gasteiger partial charge in [-0.2, -0.15) is 0 Å². The number of carbonyl (C=O) groups is 2. The molecule has 0 bridgehead atoms. The molecule has 0 aliphatic heterocycles. The smallest absolute Gasteiger partial charge is 0.261 e. The lowest BCUT2D eigenvalue weighted by molar-refractivity contribution is 0.0929. The van der Waals surface area contributed by atoms with E-state index >= 15 is 0 Å². The first-order valence-corrected chi connectivity index (χ1v) is 9.71. The van der Waals surface area contributed by atoms with Gasteiger partial charge in [-0.05, 0) is 42.0 Å². The second-order valence-corrected chi connectivity index (χ2v) is 7.55. The Bertz CT molecular complexity index is 892. The highest BCUT2D eigenvalue weighted by Crippen LogP contribution is 2.29. The van der Waals surface area contributed by atoms with E-state index in [0.29, 0.717) is 23.5 Å². The Morgan fingerprint density at radius 2 is 1.46 bits per heavy atom. The fraction of sp³-hybridized carbons (Fsp3) is 0.100. The summed E-state index contributed by atoms with van der Waals surface area (Å²) in [5.41, 5.74) is 1.68. The number of nitrogens with one attached hydrogen (secondary N) is 2. The van der Waals surface area contributed by atoms with Gasteiger partial charge in [0, 0.05) is 28.0 Å². The van der Waals surface area contributed by atoms with Gasteiger partial charge < -0.3 is 10.6 Å². The number of amides is 2. The first-order chi connectivity index (χ1) is 12.6. The summed E-state index contributed by atoms with van der Waals surface area (Å²) in [5, 5.41) is 5.62. The van der Waals surface area contributed by atoms with Crippen LogP contribution >= 0.6 is 27.3 Å². The predicted molar refractivity (Wildman–Crippen MR) is 109 cm³/mol. The van der Waals surface area contributed by atoms with Gasteiger partial charge in [0.2, 0.25) is 0 Å². The summed E-state index contributed by atoms with van der Waals surface area (Å²) in [6.07, 6.45) is 0. The molecule has 0 saturated carbocycles. The van der Waals surface area contributed by atoms with Crippen LogP contribution < -0.4 is 10.6 Å². The van der Waals surface area contributed by atoms with Crippen LogP contribution in [0.2, 0.25) is 0 Å². The average Bonchev–Trinajstić information content (AvgIpc) is 3.16. The first kappa shape index (κ1) is 18.4. The number of halogens is 1. The van der Waals surface area contributed by atoms with Crippen LogP contribution in [-0.2, 0) is 0 Å². The Morgan fingerprint density at radius 1 is 0.808 bits per heavy atom. The van der Waals surface area contributed by atoms with Gasteiger partial charge in [-0.3, -0.25) is 9.59 Å². The minimum atomic E-state index is -0.145. The van der Waals surface area contributed by atoms with Crippen LogP contribution in [0.1, 0.15) is 20.0 Å². The van der Waals surface area contributed by atoms with Gasteiger partial charge in [-0.1, -0.05) is 46.3 Å². The van der Waals surface area contributed by atoms with Crippen LogP contribution in [0, 0.1) is 0 Å². The van der Waals surface area contributed by atoms with Gasteiger partial charge in [0.25, 0.3) is 11.8 Å². The molecule has 0 aliphatic carbocycles. The van der Waals surface area contributed by atoms with Crippen molar-refractivity contribution in [2.75, 3.05) is 13.1 Å². The molecular weight excluding hydrogens is 412 g/mol. The molecule has 132 valence electrons. The third-order valence-corrected chi connectivity index (χ3v) is 5.35. The number of rotatable bonds is 6. The average molecular weight is 429 g/mol. The number of thiophene rings is 1. The van der Waals surface area contributed by atoms with E-state index in [0.717, 1.165) is 14.9 Å². The summed E-state index contributed by atoms with van der Waals surface area (Å²) >= 11 is 4.86. The lowest BCUT2D eigenvalue weighted by Gasteiger charge is -2.06. The second-order valence-electron chi connectivity index (χ2n) is 5.55. The lowest BCUT2D eigenvalue weighted by Crippen LogP contribution is -2.34. The van der Waals surface area contributed by atoms with E-state index in [2.05, 4.69) is 26.6 Å². The van der Waals surface area contributed by atoms with Crippen LogP contribution in [0.3, 0.4) is 0 Å². The zero-order chi connectivity index (χ0) is 18.4. The molecule has 3 rings (SSSR count). The molecule has 1 heterocycles.